The molecule has 0 aliphatic heterocycles. The lowest BCUT2D eigenvalue weighted by Crippen LogP contribution is -2.23. The van der Waals surface area contributed by atoms with Crippen molar-refractivity contribution in [1.29, 1.82) is 0 Å². The molecule has 5 nitrogen and oxygen atoms in total. The van der Waals surface area contributed by atoms with Crippen LogP contribution in [-0.2, 0) is 13.1 Å². The zero-order valence-electron chi connectivity index (χ0n) is 17.4. The Bertz CT molecular complexity index is 964. The zero-order chi connectivity index (χ0) is 21.3. The van der Waals surface area contributed by atoms with Crippen LogP contribution < -0.4 is 10.6 Å². The molecule has 0 unspecified atom stereocenters. The number of carbonyl (C=O) groups is 2. The van der Waals surface area contributed by atoms with Crippen LogP contribution >= 0.6 is 11.3 Å². The summed E-state index contributed by atoms with van der Waals surface area (Å²) in [7, 11) is 0. The summed E-state index contributed by atoms with van der Waals surface area (Å²) in [5, 5.41) is 7.63. The Morgan fingerprint density at radius 3 is 2.30 bits per heavy atom. The molecule has 0 saturated heterocycles. The van der Waals surface area contributed by atoms with E-state index in [0.717, 1.165) is 25.2 Å². The second-order valence-corrected chi connectivity index (χ2v) is 7.92. The number of rotatable bonds is 9. The van der Waals surface area contributed by atoms with E-state index in [0.29, 0.717) is 22.7 Å². The minimum absolute atomic E-state index is 0.172. The van der Waals surface area contributed by atoms with Gasteiger partial charge in [-0.15, -0.1) is 11.3 Å². The van der Waals surface area contributed by atoms with Gasteiger partial charge in [-0.05, 0) is 53.9 Å². The molecule has 2 amide bonds. The van der Waals surface area contributed by atoms with Crippen molar-refractivity contribution in [1.82, 2.24) is 10.2 Å². The quantitative estimate of drug-likeness (QED) is 0.523. The van der Waals surface area contributed by atoms with E-state index in [4.69, 9.17) is 0 Å². The van der Waals surface area contributed by atoms with Crippen LogP contribution in [0.2, 0.25) is 0 Å². The predicted molar refractivity (Wildman–Crippen MR) is 123 cm³/mol. The summed E-state index contributed by atoms with van der Waals surface area (Å²) in [6.07, 6.45) is 0. The average molecular weight is 422 g/mol. The van der Waals surface area contributed by atoms with Gasteiger partial charge < -0.3 is 10.6 Å². The Kier molecular flexibility index (Phi) is 7.76. The fourth-order valence-corrected chi connectivity index (χ4v) is 3.71. The third kappa shape index (κ3) is 6.02. The third-order valence-corrected chi connectivity index (χ3v) is 5.77. The lowest BCUT2D eigenvalue weighted by molar-refractivity contribution is 0.0949. The summed E-state index contributed by atoms with van der Waals surface area (Å²) in [5.74, 6) is -0.346. The van der Waals surface area contributed by atoms with Crippen LogP contribution in [0.5, 0.6) is 0 Å². The normalized spacial score (nSPS) is 10.8. The number of hydrogen-bond donors (Lipinski definition) is 2. The smallest absolute Gasteiger partial charge is 0.265 e. The standard InChI is InChI=1S/C24H27N3O2S/c1-3-27(4-2)17-19-12-10-18(11-13-19)16-25-23(28)20-7-5-8-21(15-20)26-24(29)22-9-6-14-30-22/h5-15H,3-4,16-17H2,1-2H3,(H,25,28)(H,26,29). The molecule has 0 spiro atoms. The van der Waals surface area contributed by atoms with Crippen LogP contribution in [0.1, 0.15) is 45.0 Å². The molecule has 0 radical (unpaired) electrons. The average Bonchev–Trinajstić information content (AvgIpc) is 3.32. The first-order valence-corrected chi connectivity index (χ1v) is 11.0. The largest absolute Gasteiger partial charge is 0.348 e. The summed E-state index contributed by atoms with van der Waals surface area (Å²) in [6.45, 7) is 7.77. The number of nitrogens with zero attached hydrogens (tertiary/aromatic N) is 1. The highest BCUT2D eigenvalue weighted by Crippen LogP contribution is 2.15. The van der Waals surface area contributed by atoms with Crippen molar-refractivity contribution in [3.8, 4) is 0 Å². The number of amides is 2. The molecule has 1 heterocycles. The van der Waals surface area contributed by atoms with Crippen LogP contribution in [0.15, 0.2) is 66.0 Å². The van der Waals surface area contributed by atoms with Crippen LogP contribution in [0.25, 0.3) is 0 Å². The molecule has 0 bridgehead atoms. The van der Waals surface area contributed by atoms with Gasteiger partial charge in [0.2, 0.25) is 0 Å². The minimum Gasteiger partial charge on any atom is -0.348 e. The Morgan fingerprint density at radius 1 is 0.900 bits per heavy atom. The number of hydrogen-bond acceptors (Lipinski definition) is 4. The van der Waals surface area contributed by atoms with Crippen LogP contribution in [0.4, 0.5) is 5.69 Å². The van der Waals surface area contributed by atoms with Gasteiger partial charge in [0.15, 0.2) is 0 Å². The van der Waals surface area contributed by atoms with Crippen LogP contribution in [-0.4, -0.2) is 29.8 Å². The first-order chi connectivity index (χ1) is 14.6. The van der Waals surface area contributed by atoms with Gasteiger partial charge >= 0.3 is 0 Å². The number of thiophene rings is 1. The summed E-state index contributed by atoms with van der Waals surface area (Å²) in [5.41, 5.74) is 3.43. The molecule has 3 rings (SSSR count). The van der Waals surface area contributed by atoms with Crippen LogP contribution in [0.3, 0.4) is 0 Å². The van der Waals surface area contributed by atoms with Gasteiger partial charge in [0.1, 0.15) is 0 Å². The summed E-state index contributed by atoms with van der Waals surface area (Å²) >= 11 is 1.38. The summed E-state index contributed by atoms with van der Waals surface area (Å²) in [4.78, 5) is 27.7. The number of carbonyl (C=O) groups excluding carboxylic acids is 2. The fourth-order valence-electron chi connectivity index (χ4n) is 3.09. The topological polar surface area (TPSA) is 61.4 Å². The Morgan fingerprint density at radius 2 is 1.63 bits per heavy atom. The Labute approximate surface area is 181 Å². The molecule has 2 N–H and O–H groups in total. The number of anilines is 1. The molecule has 0 atom stereocenters. The molecule has 0 aliphatic carbocycles. The number of nitrogens with one attached hydrogen (secondary N) is 2. The molecule has 3 aromatic rings. The molecular weight excluding hydrogens is 394 g/mol. The van der Waals surface area contributed by atoms with Crippen molar-refractivity contribution < 1.29 is 9.59 Å². The Balaban J connectivity index is 1.55. The van der Waals surface area contributed by atoms with Gasteiger partial charge in [0.25, 0.3) is 11.8 Å². The lowest BCUT2D eigenvalue weighted by Gasteiger charge is -2.18. The highest BCUT2D eigenvalue weighted by Gasteiger charge is 2.10. The maximum atomic E-state index is 12.5. The second kappa shape index (κ2) is 10.7. The molecule has 30 heavy (non-hydrogen) atoms. The summed E-state index contributed by atoms with van der Waals surface area (Å²) in [6, 6.07) is 18.9. The zero-order valence-corrected chi connectivity index (χ0v) is 18.2. The van der Waals surface area contributed by atoms with E-state index in [1.807, 2.05) is 11.4 Å². The molecule has 0 aliphatic rings. The number of benzene rings is 2. The SMILES string of the molecule is CCN(CC)Cc1ccc(CNC(=O)c2cccc(NC(=O)c3cccs3)c2)cc1. The van der Waals surface area contributed by atoms with Gasteiger partial charge in [-0.3, -0.25) is 14.5 Å². The predicted octanol–water partition coefficient (Wildman–Crippen LogP) is 4.77. The monoisotopic (exact) mass is 421 g/mol. The molecule has 1 aromatic heterocycles. The van der Waals surface area contributed by atoms with Crippen LogP contribution in [0, 0.1) is 0 Å². The van der Waals surface area contributed by atoms with Crippen molar-refractivity contribution in [2.24, 2.45) is 0 Å². The fraction of sp³-hybridized carbons (Fsp3) is 0.250. The molecule has 0 fully saturated rings. The summed E-state index contributed by atoms with van der Waals surface area (Å²) < 4.78 is 0. The molecule has 2 aromatic carbocycles. The van der Waals surface area contributed by atoms with E-state index in [2.05, 4.69) is 53.6 Å². The van der Waals surface area contributed by atoms with Gasteiger partial charge in [-0.2, -0.15) is 0 Å². The van der Waals surface area contributed by atoms with Crippen molar-refractivity contribution in [3.63, 3.8) is 0 Å². The van der Waals surface area contributed by atoms with Gasteiger partial charge in [-0.1, -0.05) is 50.2 Å². The highest BCUT2D eigenvalue weighted by molar-refractivity contribution is 7.12. The third-order valence-electron chi connectivity index (χ3n) is 4.90. The lowest BCUT2D eigenvalue weighted by atomic mass is 10.1. The van der Waals surface area contributed by atoms with Crippen molar-refractivity contribution in [2.45, 2.75) is 26.9 Å². The van der Waals surface area contributed by atoms with Crippen molar-refractivity contribution in [2.75, 3.05) is 18.4 Å². The maximum Gasteiger partial charge on any atom is 0.265 e. The van der Waals surface area contributed by atoms with Gasteiger partial charge in [0, 0.05) is 24.3 Å². The van der Waals surface area contributed by atoms with E-state index in [1.165, 1.54) is 16.9 Å². The minimum atomic E-state index is -0.174. The Hall–Kier alpha value is -2.96. The molecule has 6 heteroatoms. The van der Waals surface area contributed by atoms with E-state index in [-0.39, 0.29) is 11.8 Å². The highest BCUT2D eigenvalue weighted by atomic mass is 32.1. The molecule has 0 saturated carbocycles. The first kappa shape index (κ1) is 21.7. The second-order valence-electron chi connectivity index (χ2n) is 6.97. The van der Waals surface area contributed by atoms with E-state index < -0.39 is 0 Å². The van der Waals surface area contributed by atoms with Crippen molar-refractivity contribution >= 4 is 28.8 Å². The molecule has 156 valence electrons. The first-order valence-electron chi connectivity index (χ1n) is 10.1. The van der Waals surface area contributed by atoms with Crippen molar-refractivity contribution in [3.05, 3.63) is 87.6 Å². The van der Waals surface area contributed by atoms with E-state index in [9.17, 15) is 9.59 Å². The van der Waals surface area contributed by atoms with Gasteiger partial charge in [-0.25, -0.2) is 0 Å². The molecular formula is C24H27N3O2S. The maximum absolute atomic E-state index is 12.5. The van der Waals surface area contributed by atoms with Gasteiger partial charge in [0.05, 0.1) is 4.88 Å². The van der Waals surface area contributed by atoms with E-state index in [1.54, 1.807) is 30.3 Å². The van der Waals surface area contributed by atoms with E-state index >= 15 is 0 Å².